The highest BCUT2D eigenvalue weighted by molar-refractivity contribution is 6.34. The Bertz CT molecular complexity index is 3060. The molecule has 11 aromatic rings. The van der Waals surface area contributed by atoms with Crippen LogP contribution in [0.2, 0.25) is 0 Å². The minimum Gasteiger partial charge on any atom is -0.309 e. The van der Waals surface area contributed by atoms with Crippen molar-refractivity contribution in [3.63, 3.8) is 0 Å². The summed E-state index contributed by atoms with van der Waals surface area (Å²) < 4.78 is 7.11. The molecule has 5 heteroatoms. The molecule has 218 valence electrons. The monoisotopic (exact) mass is 599 g/mol. The highest BCUT2D eigenvalue weighted by atomic mass is 15.0. The average Bonchev–Trinajstić information content (AvgIpc) is 3.80. The van der Waals surface area contributed by atoms with Gasteiger partial charge < -0.3 is 9.13 Å². The predicted molar refractivity (Wildman–Crippen MR) is 194 cm³/mol. The van der Waals surface area contributed by atoms with Gasteiger partial charge in [0, 0.05) is 49.9 Å². The molecule has 0 radical (unpaired) electrons. The van der Waals surface area contributed by atoms with Crippen molar-refractivity contribution in [3.05, 3.63) is 152 Å². The second-order valence-electron chi connectivity index (χ2n) is 12.2. The SMILES string of the molecule is c1ccc(-n2c3ccccc3c3c4c5ccc6c(c7ncccc7n7c8ccccc8nc67)c5n(-c5ccccc5)c4ccc32)cc1. The zero-order valence-electron chi connectivity index (χ0n) is 25.2. The van der Waals surface area contributed by atoms with Crippen LogP contribution in [-0.4, -0.2) is 23.5 Å². The third-order valence-corrected chi connectivity index (χ3v) is 9.82. The van der Waals surface area contributed by atoms with Crippen molar-refractivity contribution >= 4 is 82.1 Å². The fraction of sp³-hybridized carbons (Fsp3) is 0. The molecule has 11 rings (SSSR count). The molecule has 0 fully saturated rings. The summed E-state index contributed by atoms with van der Waals surface area (Å²) >= 11 is 0. The van der Waals surface area contributed by atoms with Crippen LogP contribution in [0.4, 0.5) is 0 Å². The van der Waals surface area contributed by atoms with E-state index in [1.54, 1.807) is 0 Å². The summed E-state index contributed by atoms with van der Waals surface area (Å²) in [7, 11) is 0. The molecule has 0 N–H and O–H groups in total. The number of para-hydroxylation sites is 5. The number of aromatic nitrogens is 5. The van der Waals surface area contributed by atoms with Crippen molar-refractivity contribution in [2.75, 3.05) is 0 Å². The summed E-state index contributed by atoms with van der Waals surface area (Å²) in [6, 6.07) is 51.9. The maximum absolute atomic E-state index is 5.21. The summed E-state index contributed by atoms with van der Waals surface area (Å²) in [5, 5.41) is 7.13. The van der Waals surface area contributed by atoms with Gasteiger partial charge in [0.1, 0.15) is 5.65 Å². The first-order valence-corrected chi connectivity index (χ1v) is 15.9. The predicted octanol–water partition coefficient (Wildman–Crippen LogP) is 10.4. The average molecular weight is 600 g/mol. The van der Waals surface area contributed by atoms with Crippen LogP contribution in [0.1, 0.15) is 0 Å². The van der Waals surface area contributed by atoms with E-state index >= 15 is 0 Å². The fourth-order valence-electron chi connectivity index (χ4n) is 8.00. The molecule has 5 heterocycles. The Morgan fingerprint density at radius 3 is 1.83 bits per heavy atom. The highest BCUT2D eigenvalue weighted by Gasteiger charge is 2.24. The summed E-state index contributed by atoms with van der Waals surface area (Å²) in [6.07, 6.45) is 1.91. The number of imidazole rings is 1. The van der Waals surface area contributed by atoms with Crippen LogP contribution < -0.4 is 0 Å². The number of nitrogens with zero attached hydrogens (tertiary/aromatic N) is 5. The largest absolute Gasteiger partial charge is 0.309 e. The van der Waals surface area contributed by atoms with Gasteiger partial charge in [0.15, 0.2) is 0 Å². The molecule has 0 unspecified atom stereocenters. The molecular weight excluding hydrogens is 574 g/mol. The molecular formula is C42H25N5. The zero-order valence-corrected chi connectivity index (χ0v) is 25.2. The smallest absolute Gasteiger partial charge is 0.146 e. The van der Waals surface area contributed by atoms with E-state index in [1.807, 2.05) is 12.3 Å². The van der Waals surface area contributed by atoms with Gasteiger partial charge in [-0.05, 0) is 72.8 Å². The molecule has 0 aliphatic heterocycles. The Kier molecular flexibility index (Phi) is 4.78. The zero-order chi connectivity index (χ0) is 30.6. The summed E-state index contributed by atoms with van der Waals surface area (Å²) in [6.45, 7) is 0. The van der Waals surface area contributed by atoms with E-state index < -0.39 is 0 Å². The van der Waals surface area contributed by atoms with Crippen LogP contribution in [0.3, 0.4) is 0 Å². The Morgan fingerprint density at radius 2 is 1.02 bits per heavy atom. The van der Waals surface area contributed by atoms with Gasteiger partial charge in [0.05, 0.1) is 44.1 Å². The lowest BCUT2D eigenvalue weighted by atomic mass is 10.0. The maximum atomic E-state index is 5.21. The van der Waals surface area contributed by atoms with Gasteiger partial charge >= 0.3 is 0 Å². The molecule has 0 aliphatic rings. The topological polar surface area (TPSA) is 40.1 Å². The van der Waals surface area contributed by atoms with Crippen LogP contribution in [0, 0.1) is 0 Å². The van der Waals surface area contributed by atoms with Crippen molar-refractivity contribution in [3.8, 4) is 11.4 Å². The second-order valence-corrected chi connectivity index (χ2v) is 12.2. The lowest BCUT2D eigenvalue weighted by Gasteiger charge is -2.13. The quantitative estimate of drug-likeness (QED) is 0.186. The standard InChI is InChI=1S/C42H25N5/c1-3-12-26(13-4-1)45-32-18-9-7-16-28(32)37-34(45)23-24-35-38(37)29-21-22-30-39(41(29)46(35)27-14-5-2-6-15-27)40-36(20-11-25-43-40)47-33-19-10-8-17-31(33)44-42(30)47/h1-25H. The minimum absolute atomic E-state index is 0.944. The van der Waals surface area contributed by atoms with E-state index in [4.69, 9.17) is 9.97 Å². The molecule has 5 nitrogen and oxygen atoms in total. The molecule has 5 aromatic heterocycles. The van der Waals surface area contributed by atoms with Gasteiger partial charge in [-0.2, -0.15) is 0 Å². The fourth-order valence-corrected chi connectivity index (χ4v) is 8.00. The van der Waals surface area contributed by atoms with Crippen LogP contribution in [-0.2, 0) is 0 Å². The summed E-state index contributed by atoms with van der Waals surface area (Å²) in [5.74, 6) is 0. The molecule has 0 bridgehead atoms. The lowest BCUT2D eigenvalue weighted by Crippen LogP contribution is -1.97. The summed E-state index contributed by atoms with van der Waals surface area (Å²) in [4.78, 5) is 10.3. The molecule has 0 spiro atoms. The lowest BCUT2D eigenvalue weighted by molar-refractivity contribution is 1.17. The molecule has 0 atom stereocenters. The molecule has 0 saturated heterocycles. The first kappa shape index (κ1) is 24.8. The van der Waals surface area contributed by atoms with E-state index in [0.29, 0.717) is 0 Å². The maximum Gasteiger partial charge on any atom is 0.146 e. The van der Waals surface area contributed by atoms with E-state index in [0.717, 1.165) is 55.4 Å². The minimum atomic E-state index is 0.944. The van der Waals surface area contributed by atoms with E-state index in [-0.39, 0.29) is 0 Å². The number of hydrogen-bond acceptors (Lipinski definition) is 2. The first-order chi connectivity index (χ1) is 23.4. The molecule has 47 heavy (non-hydrogen) atoms. The van der Waals surface area contributed by atoms with E-state index in [9.17, 15) is 0 Å². The van der Waals surface area contributed by atoms with Crippen molar-refractivity contribution in [2.24, 2.45) is 0 Å². The summed E-state index contributed by atoms with van der Waals surface area (Å²) in [5.41, 5.74) is 12.0. The van der Waals surface area contributed by atoms with E-state index in [2.05, 4.69) is 153 Å². The van der Waals surface area contributed by atoms with Crippen molar-refractivity contribution in [1.29, 1.82) is 0 Å². The van der Waals surface area contributed by atoms with Crippen molar-refractivity contribution in [2.45, 2.75) is 0 Å². The van der Waals surface area contributed by atoms with Gasteiger partial charge in [0.2, 0.25) is 0 Å². The van der Waals surface area contributed by atoms with Gasteiger partial charge in [-0.25, -0.2) is 4.98 Å². The van der Waals surface area contributed by atoms with Crippen molar-refractivity contribution in [1.82, 2.24) is 23.5 Å². The van der Waals surface area contributed by atoms with Crippen LogP contribution >= 0.6 is 0 Å². The normalized spacial score (nSPS) is 12.3. The Morgan fingerprint density at radius 1 is 0.404 bits per heavy atom. The number of benzene rings is 6. The van der Waals surface area contributed by atoms with Gasteiger partial charge in [0.25, 0.3) is 0 Å². The van der Waals surface area contributed by atoms with Crippen molar-refractivity contribution < 1.29 is 0 Å². The molecule has 0 saturated carbocycles. The number of hydrogen-bond donors (Lipinski definition) is 0. The molecule has 0 amide bonds. The second kappa shape index (κ2) is 9.05. The third-order valence-electron chi connectivity index (χ3n) is 9.82. The van der Waals surface area contributed by atoms with Crippen LogP contribution in [0.25, 0.3) is 93.5 Å². The number of fused-ring (bicyclic) bond motifs is 16. The van der Waals surface area contributed by atoms with E-state index in [1.165, 1.54) is 38.1 Å². The third kappa shape index (κ3) is 3.17. The van der Waals surface area contributed by atoms with Gasteiger partial charge in [-0.1, -0.05) is 72.8 Å². The van der Waals surface area contributed by atoms with Gasteiger partial charge in [-0.15, -0.1) is 0 Å². The number of pyridine rings is 2. The van der Waals surface area contributed by atoms with Gasteiger partial charge in [-0.3, -0.25) is 9.38 Å². The van der Waals surface area contributed by atoms with Crippen LogP contribution in [0.5, 0.6) is 0 Å². The number of rotatable bonds is 2. The van der Waals surface area contributed by atoms with Crippen LogP contribution in [0.15, 0.2) is 152 Å². The highest BCUT2D eigenvalue weighted by Crippen LogP contribution is 2.45. The Balaban J connectivity index is 1.43. The molecule has 0 aliphatic carbocycles. The Labute approximate surface area is 268 Å². The first-order valence-electron chi connectivity index (χ1n) is 15.9. The Hall–Kier alpha value is -6.46. The molecule has 6 aromatic carbocycles.